The van der Waals surface area contributed by atoms with Gasteiger partial charge in [0, 0.05) is 25.0 Å². The highest BCUT2D eigenvalue weighted by Crippen LogP contribution is 2.41. The molecular formula is C17H28IN3. The number of hydrogen-bond donors (Lipinski definition) is 2. The molecule has 0 aliphatic heterocycles. The molecule has 2 N–H and O–H groups in total. The normalized spacial score (nSPS) is 20.6. The van der Waals surface area contributed by atoms with Gasteiger partial charge in [-0.1, -0.05) is 37.6 Å². The van der Waals surface area contributed by atoms with E-state index in [4.69, 9.17) is 0 Å². The lowest BCUT2D eigenvalue weighted by Crippen LogP contribution is -2.39. The lowest BCUT2D eigenvalue weighted by Gasteiger charge is -2.11. The summed E-state index contributed by atoms with van der Waals surface area (Å²) in [6, 6.07) is 9.24. The van der Waals surface area contributed by atoms with Gasteiger partial charge in [0.1, 0.15) is 0 Å². The van der Waals surface area contributed by atoms with Gasteiger partial charge in [0.2, 0.25) is 0 Å². The number of nitrogens with zero attached hydrogens (tertiary/aromatic N) is 1. The van der Waals surface area contributed by atoms with Crippen LogP contribution in [0.15, 0.2) is 29.3 Å². The van der Waals surface area contributed by atoms with Crippen LogP contribution in [0.2, 0.25) is 0 Å². The molecule has 1 aliphatic carbocycles. The SMILES string of the molecule is CCCCN=C(NCC)NC1CC1c1ccccc1C.I. The van der Waals surface area contributed by atoms with E-state index < -0.39 is 0 Å². The summed E-state index contributed by atoms with van der Waals surface area (Å²) < 4.78 is 0. The first-order chi connectivity index (χ1) is 9.76. The van der Waals surface area contributed by atoms with Gasteiger partial charge in [-0.15, -0.1) is 24.0 Å². The number of nitrogens with one attached hydrogen (secondary N) is 2. The average molecular weight is 401 g/mol. The Kier molecular flexibility index (Phi) is 8.07. The fourth-order valence-electron chi connectivity index (χ4n) is 2.55. The molecule has 4 heteroatoms. The zero-order valence-corrected chi connectivity index (χ0v) is 15.7. The van der Waals surface area contributed by atoms with Gasteiger partial charge in [0.05, 0.1) is 0 Å². The molecule has 2 atom stereocenters. The summed E-state index contributed by atoms with van der Waals surface area (Å²) in [5.74, 6) is 1.62. The molecule has 0 aromatic heterocycles. The second-order valence-corrected chi connectivity index (χ2v) is 5.56. The van der Waals surface area contributed by atoms with Gasteiger partial charge >= 0.3 is 0 Å². The maximum absolute atomic E-state index is 4.63. The highest BCUT2D eigenvalue weighted by atomic mass is 127. The van der Waals surface area contributed by atoms with Crippen molar-refractivity contribution in [2.24, 2.45) is 4.99 Å². The molecule has 118 valence electrons. The van der Waals surface area contributed by atoms with Crippen molar-refractivity contribution in [1.82, 2.24) is 10.6 Å². The van der Waals surface area contributed by atoms with Crippen molar-refractivity contribution in [3.63, 3.8) is 0 Å². The Morgan fingerprint density at radius 1 is 1.29 bits per heavy atom. The van der Waals surface area contributed by atoms with Crippen molar-refractivity contribution in [1.29, 1.82) is 0 Å². The largest absolute Gasteiger partial charge is 0.357 e. The Hall–Kier alpha value is -0.780. The minimum Gasteiger partial charge on any atom is -0.357 e. The monoisotopic (exact) mass is 401 g/mol. The van der Waals surface area contributed by atoms with Gasteiger partial charge in [-0.3, -0.25) is 4.99 Å². The number of halogens is 1. The van der Waals surface area contributed by atoms with Crippen LogP contribution in [0.25, 0.3) is 0 Å². The summed E-state index contributed by atoms with van der Waals surface area (Å²) in [7, 11) is 0. The number of aryl methyl sites for hydroxylation is 1. The molecule has 1 aromatic rings. The van der Waals surface area contributed by atoms with Crippen LogP contribution >= 0.6 is 24.0 Å². The smallest absolute Gasteiger partial charge is 0.191 e. The summed E-state index contributed by atoms with van der Waals surface area (Å²) >= 11 is 0. The summed E-state index contributed by atoms with van der Waals surface area (Å²) in [4.78, 5) is 4.63. The molecule has 2 unspecified atom stereocenters. The van der Waals surface area contributed by atoms with E-state index in [1.165, 1.54) is 24.0 Å². The summed E-state index contributed by atoms with van der Waals surface area (Å²) in [5, 5.41) is 6.90. The Bertz CT molecular complexity index is 459. The molecule has 3 nitrogen and oxygen atoms in total. The van der Waals surface area contributed by atoms with Gasteiger partial charge in [0.25, 0.3) is 0 Å². The number of hydrogen-bond acceptors (Lipinski definition) is 1. The van der Waals surface area contributed by atoms with Crippen LogP contribution in [0.1, 0.15) is 50.2 Å². The molecule has 0 bridgehead atoms. The molecule has 2 rings (SSSR count). The van der Waals surface area contributed by atoms with Crippen LogP contribution in [0.3, 0.4) is 0 Å². The number of benzene rings is 1. The first-order valence-electron chi connectivity index (χ1n) is 7.86. The van der Waals surface area contributed by atoms with E-state index in [9.17, 15) is 0 Å². The van der Waals surface area contributed by atoms with Crippen molar-refractivity contribution < 1.29 is 0 Å². The molecule has 1 saturated carbocycles. The van der Waals surface area contributed by atoms with Crippen LogP contribution < -0.4 is 10.6 Å². The predicted molar refractivity (Wildman–Crippen MR) is 102 cm³/mol. The molecule has 1 aliphatic rings. The van der Waals surface area contributed by atoms with E-state index >= 15 is 0 Å². The highest BCUT2D eigenvalue weighted by Gasteiger charge is 2.39. The fraction of sp³-hybridized carbons (Fsp3) is 0.588. The van der Waals surface area contributed by atoms with Gasteiger partial charge in [0.15, 0.2) is 5.96 Å². The molecule has 0 radical (unpaired) electrons. The van der Waals surface area contributed by atoms with Crippen LogP contribution in [-0.2, 0) is 0 Å². The van der Waals surface area contributed by atoms with E-state index in [0.717, 1.165) is 25.5 Å². The summed E-state index contributed by atoms with van der Waals surface area (Å²) in [6.07, 6.45) is 3.56. The Balaban J connectivity index is 0.00000220. The Morgan fingerprint density at radius 2 is 2.05 bits per heavy atom. The molecule has 0 spiro atoms. The summed E-state index contributed by atoms with van der Waals surface area (Å²) in [6.45, 7) is 8.34. The number of aliphatic imine (C=N–C) groups is 1. The minimum atomic E-state index is 0. The third kappa shape index (κ3) is 5.49. The molecule has 1 aromatic carbocycles. The molecule has 0 amide bonds. The topological polar surface area (TPSA) is 36.4 Å². The molecule has 21 heavy (non-hydrogen) atoms. The fourth-order valence-corrected chi connectivity index (χ4v) is 2.55. The number of unbranched alkanes of at least 4 members (excludes halogenated alkanes) is 1. The van der Waals surface area contributed by atoms with Gasteiger partial charge in [-0.05, 0) is 37.8 Å². The van der Waals surface area contributed by atoms with Crippen molar-refractivity contribution in [3.05, 3.63) is 35.4 Å². The van der Waals surface area contributed by atoms with Crippen molar-refractivity contribution in [2.45, 2.75) is 52.0 Å². The third-order valence-electron chi connectivity index (χ3n) is 3.83. The Labute approximate surface area is 146 Å². The lowest BCUT2D eigenvalue weighted by atomic mass is 10.0. The standard InChI is InChI=1S/C17H27N3.HI/c1-4-6-11-19-17(18-5-2)20-16-12-15(16)14-10-8-7-9-13(14)3;/h7-10,15-16H,4-6,11-12H2,1-3H3,(H2,18,19,20);1H. The molecule has 0 saturated heterocycles. The maximum atomic E-state index is 4.63. The second-order valence-electron chi connectivity index (χ2n) is 5.56. The maximum Gasteiger partial charge on any atom is 0.191 e. The van der Waals surface area contributed by atoms with Crippen molar-refractivity contribution in [2.75, 3.05) is 13.1 Å². The summed E-state index contributed by atoms with van der Waals surface area (Å²) in [5.41, 5.74) is 2.88. The van der Waals surface area contributed by atoms with E-state index in [2.05, 4.69) is 60.7 Å². The minimum absolute atomic E-state index is 0. The van der Waals surface area contributed by atoms with Gasteiger partial charge < -0.3 is 10.6 Å². The Morgan fingerprint density at radius 3 is 2.71 bits per heavy atom. The van der Waals surface area contributed by atoms with Crippen LogP contribution in [0.5, 0.6) is 0 Å². The number of guanidine groups is 1. The zero-order valence-electron chi connectivity index (χ0n) is 13.4. The van der Waals surface area contributed by atoms with Crippen LogP contribution in [0.4, 0.5) is 0 Å². The van der Waals surface area contributed by atoms with E-state index in [0.29, 0.717) is 12.0 Å². The van der Waals surface area contributed by atoms with Crippen molar-refractivity contribution in [3.8, 4) is 0 Å². The highest BCUT2D eigenvalue weighted by molar-refractivity contribution is 14.0. The molecular weight excluding hydrogens is 373 g/mol. The van der Waals surface area contributed by atoms with Crippen molar-refractivity contribution >= 4 is 29.9 Å². The van der Waals surface area contributed by atoms with Gasteiger partial charge in [-0.2, -0.15) is 0 Å². The van der Waals surface area contributed by atoms with E-state index in [1.54, 1.807) is 0 Å². The second kappa shape index (κ2) is 9.28. The lowest BCUT2D eigenvalue weighted by molar-refractivity contribution is 0.763. The van der Waals surface area contributed by atoms with Crippen LogP contribution in [-0.4, -0.2) is 25.1 Å². The molecule has 1 fully saturated rings. The predicted octanol–water partition coefficient (Wildman–Crippen LogP) is 3.82. The average Bonchev–Trinajstić information content (AvgIpc) is 3.19. The zero-order chi connectivity index (χ0) is 14.4. The quantitative estimate of drug-likeness (QED) is 0.329. The first-order valence-corrected chi connectivity index (χ1v) is 7.86. The molecule has 0 heterocycles. The van der Waals surface area contributed by atoms with Gasteiger partial charge in [-0.25, -0.2) is 0 Å². The van der Waals surface area contributed by atoms with E-state index in [-0.39, 0.29) is 24.0 Å². The van der Waals surface area contributed by atoms with E-state index in [1.807, 2.05) is 0 Å². The number of rotatable bonds is 6. The van der Waals surface area contributed by atoms with Crippen LogP contribution in [0, 0.1) is 6.92 Å². The first kappa shape index (κ1) is 18.3. The third-order valence-corrected chi connectivity index (χ3v) is 3.83.